The Bertz CT molecular complexity index is 505. The van der Waals surface area contributed by atoms with Crippen molar-refractivity contribution in [1.82, 2.24) is 0 Å². The van der Waals surface area contributed by atoms with Crippen molar-refractivity contribution in [3.8, 4) is 5.75 Å². The highest BCUT2D eigenvalue weighted by Crippen LogP contribution is 2.31. The Hall–Kier alpha value is -1.03. The van der Waals surface area contributed by atoms with Gasteiger partial charge in [-0.25, -0.2) is 0 Å². The van der Waals surface area contributed by atoms with Crippen molar-refractivity contribution in [1.29, 1.82) is 0 Å². The Morgan fingerprint density at radius 1 is 0.923 bits per heavy atom. The average molecular weight is 425 g/mol. The highest BCUT2D eigenvalue weighted by Gasteiger charge is 2.08. The van der Waals surface area contributed by atoms with E-state index in [2.05, 4.69) is 34.2 Å². The fourth-order valence-corrected chi connectivity index (χ4v) is 3.42. The summed E-state index contributed by atoms with van der Waals surface area (Å²) in [5.41, 5.74) is 0.416. The molecule has 0 heterocycles. The molecule has 0 aliphatic heterocycles. The molecule has 2 N–H and O–H groups in total. The molecular weight excluding hydrogens is 390 g/mol. The Morgan fingerprint density at radius 3 is 1.96 bits per heavy atom. The van der Waals surface area contributed by atoms with Gasteiger partial charge in [0, 0.05) is 6.42 Å². The number of benzene rings is 1. The Morgan fingerprint density at radius 2 is 1.42 bits per heavy atom. The first-order valence-corrected chi connectivity index (χ1v) is 11.1. The van der Waals surface area contributed by atoms with Gasteiger partial charge in [-0.3, -0.25) is 4.79 Å². The summed E-state index contributed by atoms with van der Waals surface area (Å²) in [6.07, 6.45) is 17.4. The molecule has 26 heavy (non-hydrogen) atoms. The molecule has 0 atom stereocenters. The highest BCUT2D eigenvalue weighted by atomic mass is 79.9. The van der Waals surface area contributed by atoms with E-state index in [0.717, 1.165) is 12.8 Å². The normalized spacial score (nSPS) is 10.8. The first-order chi connectivity index (χ1) is 12.6. The van der Waals surface area contributed by atoms with Crippen molar-refractivity contribution in [2.45, 2.75) is 96.8 Å². The van der Waals surface area contributed by atoms with Crippen LogP contribution in [-0.2, 0) is 4.79 Å². The van der Waals surface area contributed by atoms with E-state index in [1.165, 1.54) is 70.6 Å². The predicted molar refractivity (Wildman–Crippen MR) is 114 cm³/mol. The second kappa shape index (κ2) is 15.1. The third-order valence-electron chi connectivity index (χ3n) is 4.70. The molecule has 1 aromatic rings. The molecule has 0 bridgehead atoms. The number of nitrogens with one attached hydrogen (secondary N) is 1. The van der Waals surface area contributed by atoms with Crippen LogP contribution in [0.4, 0.5) is 5.69 Å². The molecule has 4 heteroatoms. The van der Waals surface area contributed by atoms with E-state index in [1.54, 1.807) is 12.1 Å². The number of hydrogen-bond acceptors (Lipinski definition) is 2. The summed E-state index contributed by atoms with van der Waals surface area (Å²) >= 11 is 3.22. The zero-order chi connectivity index (χ0) is 19.0. The number of amides is 1. The van der Waals surface area contributed by atoms with Gasteiger partial charge in [0.1, 0.15) is 0 Å². The summed E-state index contributed by atoms with van der Waals surface area (Å²) in [4.78, 5) is 11.9. The van der Waals surface area contributed by atoms with Crippen molar-refractivity contribution in [3.63, 3.8) is 0 Å². The maximum absolute atomic E-state index is 11.9. The molecule has 3 nitrogen and oxygen atoms in total. The van der Waals surface area contributed by atoms with Crippen molar-refractivity contribution in [2.75, 3.05) is 5.32 Å². The summed E-state index contributed by atoms with van der Waals surface area (Å²) in [5, 5.41) is 12.6. The predicted octanol–water partition coefficient (Wildman–Crippen LogP) is 7.37. The number of phenols is 1. The van der Waals surface area contributed by atoms with Crippen LogP contribution < -0.4 is 5.32 Å². The quantitative estimate of drug-likeness (QED) is 0.228. The van der Waals surface area contributed by atoms with Gasteiger partial charge in [-0.1, -0.05) is 84.0 Å². The minimum absolute atomic E-state index is 0.0464. The van der Waals surface area contributed by atoms with E-state index >= 15 is 0 Å². The lowest BCUT2D eigenvalue weighted by Gasteiger charge is -2.08. The molecule has 0 aromatic heterocycles. The second-order valence-corrected chi connectivity index (χ2v) is 7.96. The number of halogens is 1. The molecule has 147 valence electrons. The second-order valence-electron chi connectivity index (χ2n) is 7.11. The van der Waals surface area contributed by atoms with Gasteiger partial charge in [-0.15, -0.1) is 0 Å². The van der Waals surface area contributed by atoms with Crippen molar-refractivity contribution in [3.05, 3.63) is 22.7 Å². The molecule has 1 rings (SSSR count). The van der Waals surface area contributed by atoms with Crippen LogP contribution >= 0.6 is 15.9 Å². The maximum atomic E-state index is 11.9. The summed E-state index contributed by atoms with van der Waals surface area (Å²) in [6, 6.07) is 6.08. The first-order valence-electron chi connectivity index (χ1n) is 10.3. The first kappa shape index (κ1) is 23.0. The third-order valence-corrected chi connectivity index (χ3v) is 5.31. The zero-order valence-corrected chi connectivity index (χ0v) is 17.9. The Kier molecular flexibility index (Phi) is 13.3. The molecule has 0 aliphatic carbocycles. The Balaban J connectivity index is 1.92. The van der Waals surface area contributed by atoms with Crippen LogP contribution in [0.1, 0.15) is 96.8 Å². The molecule has 1 amide bonds. The number of carbonyl (C=O) groups is 1. The average Bonchev–Trinajstić information content (AvgIpc) is 2.63. The minimum Gasteiger partial charge on any atom is -0.505 e. The minimum atomic E-state index is -0.0464. The molecule has 0 aliphatic rings. The SMILES string of the molecule is CCCCCCCCCCCCCCCC(=O)Nc1c[c]cc(Br)c1O. The molecule has 0 unspecified atom stereocenters. The van der Waals surface area contributed by atoms with Crippen molar-refractivity contribution < 1.29 is 9.90 Å². The van der Waals surface area contributed by atoms with Gasteiger partial charge in [0.15, 0.2) is 5.75 Å². The number of unbranched alkanes of at least 4 members (excludes halogenated alkanes) is 12. The van der Waals surface area contributed by atoms with E-state index in [4.69, 9.17) is 0 Å². The number of anilines is 1. The molecule has 1 radical (unpaired) electrons. The largest absolute Gasteiger partial charge is 0.505 e. The molecule has 0 spiro atoms. The zero-order valence-electron chi connectivity index (χ0n) is 16.3. The van der Waals surface area contributed by atoms with Gasteiger partial charge in [-0.05, 0) is 40.5 Å². The molecular formula is C22H35BrNO2. The fourth-order valence-electron chi connectivity index (χ4n) is 3.07. The van der Waals surface area contributed by atoms with Crippen LogP contribution in [0, 0.1) is 6.07 Å². The third kappa shape index (κ3) is 10.8. The van der Waals surface area contributed by atoms with Crippen molar-refractivity contribution >= 4 is 27.5 Å². The standard InChI is InChI=1S/C22H35BrNO2/c1-2-3-4-5-6-7-8-9-10-11-12-13-14-18-21(25)24-20-17-15-16-19(23)22(20)26/h16-17,26H,2-14,18H2,1H3,(H,24,25). The highest BCUT2D eigenvalue weighted by molar-refractivity contribution is 9.10. The van der Waals surface area contributed by atoms with Crippen LogP contribution in [0.15, 0.2) is 16.6 Å². The van der Waals surface area contributed by atoms with Crippen LogP contribution in [0.5, 0.6) is 5.75 Å². The number of rotatable bonds is 15. The Labute approximate surface area is 168 Å². The van der Waals surface area contributed by atoms with Gasteiger partial charge < -0.3 is 10.4 Å². The van der Waals surface area contributed by atoms with Gasteiger partial charge in [0.25, 0.3) is 0 Å². The lowest BCUT2D eigenvalue weighted by molar-refractivity contribution is -0.116. The van der Waals surface area contributed by atoms with Crippen LogP contribution in [-0.4, -0.2) is 11.0 Å². The van der Waals surface area contributed by atoms with Crippen LogP contribution in [0.3, 0.4) is 0 Å². The summed E-state index contributed by atoms with van der Waals surface area (Å²) in [6.45, 7) is 2.26. The lowest BCUT2D eigenvalue weighted by atomic mass is 10.0. The number of aromatic hydroxyl groups is 1. The van der Waals surface area contributed by atoms with E-state index < -0.39 is 0 Å². The lowest BCUT2D eigenvalue weighted by Crippen LogP contribution is -2.11. The van der Waals surface area contributed by atoms with Gasteiger partial charge >= 0.3 is 0 Å². The summed E-state index contributed by atoms with van der Waals surface area (Å²) in [5.74, 6) is 0.0114. The topological polar surface area (TPSA) is 49.3 Å². The van der Waals surface area contributed by atoms with Gasteiger partial charge in [-0.2, -0.15) is 0 Å². The summed E-state index contributed by atoms with van der Waals surface area (Å²) < 4.78 is 0.538. The van der Waals surface area contributed by atoms with Gasteiger partial charge in [0.05, 0.1) is 10.2 Å². The monoisotopic (exact) mass is 424 g/mol. The smallest absolute Gasteiger partial charge is 0.224 e. The maximum Gasteiger partial charge on any atom is 0.224 e. The number of phenolic OH excluding ortho intramolecular Hbond substituents is 1. The number of carbonyl (C=O) groups excluding carboxylic acids is 1. The van der Waals surface area contributed by atoms with E-state index in [1.807, 2.05) is 0 Å². The number of hydrogen-bond donors (Lipinski definition) is 2. The summed E-state index contributed by atoms with van der Waals surface area (Å²) in [7, 11) is 0. The van der Waals surface area contributed by atoms with E-state index in [-0.39, 0.29) is 11.7 Å². The van der Waals surface area contributed by atoms with Crippen LogP contribution in [0.2, 0.25) is 0 Å². The molecule has 0 saturated carbocycles. The molecule has 0 fully saturated rings. The molecule has 0 saturated heterocycles. The van der Waals surface area contributed by atoms with Crippen molar-refractivity contribution in [2.24, 2.45) is 0 Å². The van der Waals surface area contributed by atoms with Crippen LogP contribution in [0.25, 0.3) is 0 Å². The van der Waals surface area contributed by atoms with E-state index in [9.17, 15) is 9.90 Å². The van der Waals surface area contributed by atoms with Gasteiger partial charge in [0.2, 0.25) is 5.91 Å². The molecule has 1 aromatic carbocycles. The van der Waals surface area contributed by atoms with E-state index in [0.29, 0.717) is 16.6 Å². The fraction of sp³-hybridized carbons (Fsp3) is 0.682.